The van der Waals surface area contributed by atoms with Crippen LogP contribution in [0.3, 0.4) is 0 Å². The minimum atomic E-state index is 0.111. The smallest absolute Gasteiger partial charge is 0.317 e. The largest absolute Gasteiger partial charge is 0.492 e. The third kappa shape index (κ3) is 5.36. The maximum atomic E-state index is 12.4. The van der Waals surface area contributed by atoms with E-state index in [1.807, 2.05) is 35.2 Å². The van der Waals surface area contributed by atoms with Crippen molar-refractivity contribution in [2.24, 2.45) is 5.92 Å². The molecular weight excluding hydrogens is 340 g/mol. The van der Waals surface area contributed by atoms with Crippen LogP contribution in [-0.2, 0) is 0 Å². The number of hydrogen-bond donors (Lipinski definition) is 1. The van der Waals surface area contributed by atoms with Crippen molar-refractivity contribution in [2.75, 3.05) is 59.0 Å². The van der Waals surface area contributed by atoms with Crippen molar-refractivity contribution in [1.82, 2.24) is 20.0 Å². The van der Waals surface area contributed by atoms with Gasteiger partial charge in [0.25, 0.3) is 0 Å². The maximum absolute atomic E-state index is 12.4. The number of amides is 2. The van der Waals surface area contributed by atoms with E-state index in [4.69, 9.17) is 4.74 Å². The van der Waals surface area contributed by atoms with Gasteiger partial charge in [-0.05, 0) is 43.9 Å². The molecule has 1 saturated carbocycles. The van der Waals surface area contributed by atoms with Gasteiger partial charge in [0.2, 0.25) is 0 Å². The average Bonchev–Trinajstić information content (AvgIpc) is 3.46. The molecule has 1 aromatic carbocycles. The molecule has 2 saturated heterocycles. The molecule has 27 heavy (non-hydrogen) atoms. The average molecular weight is 373 g/mol. The zero-order valence-corrected chi connectivity index (χ0v) is 16.2. The molecule has 6 heteroatoms. The second-order valence-electron chi connectivity index (χ2n) is 8.06. The number of nitrogens with one attached hydrogen (secondary N) is 1. The Kier molecular flexibility index (Phi) is 6.14. The van der Waals surface area contributed by atoms with Crippen LogP contribution >= 0.6 is 0 Å². The topological polar surface area (TPSA) is 48.1 Å². The van der Waals surface area contributed by atoms with E-state index in [1.54, 1.807) is 0 Å². The van der Waals surface area contributed by atoms with Crippen LogP contribution in [0.4, 0.5) is 4.79 Å². The Bertz CT molecular complexity index is 599. The number of hydrogen-bond acceptors (Lipinski definition) is 4. The lowest BCUT2D eigenvalue weighted by Gasteiger charge is -2.34. The summed E-state index contributed by atoms with van der Waals surface area (Å²) < 4.78 is 5.77. The fourth-order valence-corrected chi connectivity index (χ4v) is 4.13. The molecule has 1 aliphatic carbocycles. The Morgan fingerprint density at radius 1 is 1.04 bits per heavy atom. The normalized spacial score (nSPS) is 24.1. The van der Waals surface area contributed by atoms with Crippen molar-refractivity contribution >= 4 is 6.03 Å². The van der Waals surface area contributed by atoms with Crippen molar-refractivity contribution < 1.29 is 9.53 Å². The molecular formula is C21H32N4O2. The number of nitrogens with zero attached hydrogens (tertiary/aromatic N) is 3. The lowest BCUT2D eigenvalue weighted by Crippen LogP contribution is -2.52. The van der Waals surface area contributed by atoms with E-state index in [9.17, 15) is 4.79 Å². The minimum absolute atomic E-state index is 0.111. The number of para-hydroxylation sites is 1. The van der Waals surface area contributed by atoms with Gasteiger partial charge in [-0.1, -0.05) is 18.2 Å². The highest BCUT2D eigenvalue weighted by molar-refractivity contribution is 5.74. The molecule has 148 valence electrons. The van der Waals surface area contributed by atoms with Gasteiger partial charge in [-0.3, -0.25) is 4.90 Å². The Morgan fingerprint density at radius 3 is 2.56 bits per heavy atom. The molecule has 1 aromatic rings. The quantitative estimate of drug-likeness (QED) is 0.794. The number of urea groups is 1. The van der Waals surface area contributed by atoms with Crippen molar-refractivity contribution in [3.8, 4) is 5.75 Å². The lowest BCUT2D eigenvalue weighted by molar-refractivity contribution is 0.125. The SMILES string of the molecule is O=C(NCC1CCN(C2CC2)C1)N1CCN(CCOc2ccccc2)CC1. The first kappa shape index (κ1) is 18.6. The minimum Gasteiger partial charge on any atom is -0.492 e. The van der Waals surface area contributed by atoms with E-state index in [2.05, 4.69) is 15.1 Å². The molecule has 2 heterocycles. The highest BCUT2D eigenvalue weighted by Gasteiger charge is 2.34. The third-order valence-corrected chi connectivity index (χ3v) is 6.00. The molecule has 1 unspecified atom stereocenters. The summed E-state index contributed by atoms with van der Waals surface area (Å²) in [5.74, 6) is 1.55. The zero-order chi connectivity index (χ0) is 18.5. The monoisotopic (exact) mass is 372 g/mol. The van der Waals surface area contributed by atoms with Gasteiger partial charge in [0.15, 0.2) is 0 Å². The van der Waals surface area contributed by atoms with Gasteiger partial charge in [0, 0.05) is 51.9 Å². The summed E-state index contributed by atoms with van der Waals surface area (Å²) in [6, 6.07) is 10.9. The van der Waals surface area contributed by atoms with E-state index in [1.165, 1.54) is 32.4 Å². The van der Waals surface area contributed by atoms with Crippen molar-refractivity contribution in [3.05, 3.63) is 30.3 Å². The highest BCUT2D eigenvalue weighted by atomic mass is 16.5. The number of carbonyl (C=O) groups excluding carboxylic acids is 1. The molecule has 1 N–H and O–H groups in total. The van der Waals surface area contributed by atoms with Gasteiger partial charge in [0.1, 0.15) is 12.4 Å². The first-order valence-electron chi connectivity index (χ1n) is 10.4. The third-order valence-electron chi connectivity index (χ3n) is 6.00. The fraction of sp³-hybridized carbons (Fsp3) is 0.667. The Labute approximate surface area is 162 Å². The van der Waals surface area contributed by atoms with Gasteiger partial charge in [0.05, 0.1) is 0 Å². The first-order chi connectivity index (χ1) is 13.3. The van der Waals surface area contributed by atoms with Crippen molar-refractivity contribution in [2.45, 2.75) is 25.3 Å². The summed E-state index contributed by atoms with van der Waals surface area (Å²) >= 11 is 0. The lowest BCUT2D eigenvalue weighted by atomic mass is 10.1. The summed E-state index contributed by atoms with van der Waals surface area (Å²) in [6.07, 6.45) is 3.98. The van der Waals surface area contributed by atoms with Crippen LogP contribution in [0.15, 0.2) is 30.3 Å². The molecule has 1 atom stereocenters. The summed E-state index contributed by atoms with van der Waals surface area (Å²) in [6.45, 7) is 8.25. The highest BCUT2D eigenvalue weighted by Crippen LogP contribution is 2.31. The van der Waals surface area contributed by atoms with E-state index in [0.29, 0.717) is 12.5 Å². The second kappa shape index (κ2) is 8.93. The molecule has 0 radical (unpaired) electrons. The summed E-state index contributed by atoms with van der Waals surface area (Å²) in [4.78, 5) is 19.4. The molecule has 0 bridgehead atoms. The van der Waals surface area contributed by atoms with Crippen LogP contribution in [0.25, 0.3) is 0 Å². The molecule has 0 spiro atoms. The molecule has 0 aromatic heterocycles. The molecule has 2 amide bonds. The van der Waals surface area contributed by atoms with Gasteiger partial charge >= 0.3 is 6.03 Å². The number of ether oxygens (including phenoxy) is 1. The van der Waals surface area contributed by atoms with Crippen molar-refractivity contribution in [1.29, 1.82) is 0 Å². The molecule has 4 rings (SSSR count). The standard InChI is InChI=1S/C21H32N4O2/c26-21(22-16-18-8-9-25(17-18)19-6-7-19)24-12-10-23(11-13-24)14-15-27-20-4-2-1-3-5-20/h1-5,18-19H,6-17H2,(H,22,26). The first-order valence-corrected chi connectivity index (χ1v) is 10.4. The molecule has 2 aliphatic heterocycles. The fourth-order valence-electron chi connectivity index (χ4n) is 4.13. The summed E-state index contributed by atoms with van der Waals surface area (Å²) in [5, 5.41) is 3.17. The summed E-state index contributed by atoms with van der Waals surface area (Å²) in [5.41, 5.74) is 0. The van der Waals surface area contributed by atoms with E-state index >= 15 is 0 Å². The maximum Gasteiger partial charge on any atom is 0.317 e. The van der Waals surface area contributed by atoms with Crippen LogP contribution < -0.4 is 10.1 Å². The molecule has 3 fully saturated rings. The Hall–Kier alpha value is -1.79. The van der Waals surface area contributed by atoms with Crippen LogP contribution in [0.5, 0.6) is 5.75 Å². The van der Waals surface area contributed by atoms with Crippen LogP contribution in [-0.4, -0.2) is 85.7 Å². The summed E-state index contributed by atoms with van der Waals surface area (Å²) in [7, 11) is 0. The molecule has 6 nitrogen and oxygen atoms in total. The predicted molar refractivity (Wildman–Crippen MR) is 106 cm³/mol. The van der Waals surface area contributed by atoms with Gasteiger partial charge in [-0.25, -0.2) is 4.79 Å². The number of benzene rings is 1. The van der Waals surface area contributed by atoms with Gasteiger partial charge in [-0.2, -0.15) is 0 Å². The van der Waals surface area contributed by atoms with Gasteiger partial charge < -0.3 is 19.9 Å². The zero-order valence-electron chi connectivity index (χ0n) is 16.2. The van der Waals surface area contributed by atoms with E-state index in [-0.39, 0.29) is 6.03 Å². The Balaban J connectivity index is 1.09. The number of rotatable bonds is 7. The van der Waals surface area contributed by atoms with Crippen LogP contribution in [0.1, 0.15) is 19.3 Å². The van der Waals surface area contributed by atoms with E-state index < -0.39 is 0 Å². The number of likely N-dealkylation sites (tertiary alicyclic amines) is 1. The Morgan fingerprint density at radius 2 is 1.81 bits per heavy atom. The van der Waals surface area contributed by atoms with Crippen LogP contribution in [0.2, 0.25) is 0 Å². The number of carbonyl (C=O) groups is 1. The van der Waals surface area contributed by atoms with Crippen LogP contribution in [0, 0.1) is 5.92 Å². The number of piperazine rings is 1. The van der Waals surface area contributed by atoms with Gasteiger partial charge in [-0.15, -0.1) is 0 Å². The van der Waals surface area contributed by atoms with Crippen molar-refractivity contribution in [3.63, 3.8) is 0 Å². The van der Waals surface area contributed by atoms with E-state index in [0.717, 1.165) is 51.1 Å². The second-order valence-corrected chi connectivity index (χ2v) is 8.06. The predicted octanol–water partition coefficient (Wildman–Crippen LogP) is 1.88. The molecule has 3 aliphatic rings.